The van der Waals surface area contributed by atoms with E-state index in [1.165, 1.54) is 11.1 Å². The molecule has 0 unspecified atom stereocenters. The van der Waals surface area contributed by atoms with Crippen molar-refractivity contribution in [2.24, 2.45) is 0 Å². The number of nitrogens with zero attached hydrogens (tertiary/aromatic N) is 2. The monoisotopic (exact) mass is 325 g/mol. The molecule has 1 saturated heterocycles. The topological polar surface area (TPSA) is 35.6 Å². The molecular weight excluding hydrogens is 298 g/mol. The van der Waals surface area contributed by atoms with Crippen molar-refractivity contribution in [2.75, 3.05) is 39.3 Å². The first kappa shape index (κ1) is 18.9. The highest BCUT2D eigenvalue weighted by Gasteiger charge is 2.16. The van der Waals surface area contributed by atoms with Crippen LogP contribution in [0.4, 0.5) is 0 Å². The number of carbonyl (C=O) groups is 1. The van der Waals surface area contributed by atoms with Crippen LogP contribution in [0.25, 0.3) is 0 Å². The van der Waals surface area contributed by atoms with Crippen LogP contribution < -0.4 is 5.32 Å². The largest absolute Gasteiger partial charge is 0.340 e. The molecule has 1 aliphatic rings. The van der Waals surface area contributed by atoms with E-state index in [1.807, 2.05) is 4.90 Å². The van der Waals surface area contributed by atoms with Gasteiger partial charge >= 0.3 is 0 Å². The maximum atomic E-state index is 12.2. The van der Waals surface area contributed by atoms with Gasteiger partial charge in [0, 0.05) is 45.7 Å². The highest BCUT2D eigenvalue weighted by molar-refractivity contribution is 5.85. The van der Waals surface area contributed by atoms with Crippen molar-refractivity contribution in [3.63, 3.8) is 0 Å². The Morgan fingerprint density at radius 3 is 2.59 bits per heavy atom. The molecule has 0 spiro atoms. The van der Waals surface area contributed by atoms with Gasteiger partial charge in [-0.05, 0) is 24.6 Å². The summed E-state index contributed by atoms with van der Waals surface area (Å²) in [6.07, 6.45) is 0.625. The van der Waals surface area contributed by atoms with Crippen LogP contribution in [0.5, 0.6) is 0 Å². The summed E-state index contributed by atoms with van der Waals surface area (Å²) >= 11 is 0. The molecule has 1 heterocycles. The summed E-state index contributed by atoms with van der Waals surface area (Å²) < 4.78 is 0. The number of benzene rings is 1. The van der Waals surface area contributed by atoms with E-state index in [4.69, 9.17) is 0 Å². The number of piperazine rings is 1. The fraction of sp³-hybridized carbons (Fsp3) is 0.588. The summed E-state index contributed by atoms with van der Waals surface area (Å²) in [5.41, 5.74) is 2.68. The molecule has 0 atom stereocenters. The number of rotatable bonds is 6. The molecule has 1 aromatic rings. The lowest BCUT2D eigenvalue weighted by Crippen LogP contribution is -2.47. The standard InChI is InChI=1S/C17H27N3O.ClH/c1-3-19(14-16-7-5-4-6-15(16)2)11-8-17(21)20-12-9-18-10-13-20;/h4-7,18H,3,8-14H2,1-2H3;1H. The van der Waals surface area contributed by atoms with Crippen molar-refractivity contribution in [2.45, 2.75) is 26.8 Å². The van der Waals surface area contributed by atoms with E-state index in [2.05, 4.69) is 48.3 Å². The third-order valence-electron chi connectivity index (χ3n) is 4.21. The van der Waals surface area contributed by atoms with Crippen LogP contribution in [0, 0.1) is 6.92 Å². The molecule has 2 rings (SSSR count). The van der Waals surface area contributed by atoms with Gasteiger partial charge in [-0.15, -0.1) is 12.4 Å². The van der Waals surface area contributed by atoms with Gasteiger partial charge in [0.1, 0.15) is 0 Å². The minimum atomic E-state index is 0. The first-order valence-corrected chi connectivity index (χ1v) is 7.96. The zero-order chi connectivity index (χ0) is 15.1. The summed E-state index contributed by atoms with van der Waals surface area (Å²) in [7, 11) is 0. The second-order valence-corrected chi connectivity index (χ2v) is 5.68. The van der Waals surface area contributed by atoms with Gasteiger partial charge in [-0.2, -0.15) is 0 Å². The Morgan fingerprint density at radius 1 is 1.27 bits per heavy atom. The lowest BCUT2D eigenvalue weighted by Gasteiger charge is -2.28. The van der Waals surface area contributed by atoms with E-state index in [-0.39, 0.29) is 12.4 Å². The van der Waals surface area contributed by atoms with Crippen molar-refractivity contribution in [1.82, 2.24) is 15.1 Å². The molecule has 1 aliphatic heterocycles. The quantitative estimate of drug-likeness (QED) is 0.869. The number of aryl methyl sites for hydroxylation is 1. The second-order valence-electron chi connectivity index (χ2n) is 5.68. The van der Waals surface area contributed by atoms with E-state index in [0.717, 1.165) is 45.8 Å². The van der Waals surface area contributed by atoms with Crippen LogP contribution in [0.2, 0.25) is 0 Å². The molecule has 0 aromatic heterocycles. The van der Waals surface area contributed by atoms with Gasteiger partial charge in [0.25, 0.3) is 0 Å². The highest BCUT2D eigenvalue weighted by atomic mass is 35.5. The zero-order valence-corrected chi connectivity index (χ0v) is 14.5. The summed E-state index contributed by atoms with van der Waals surface area (Å²) in [6.45, 7) is 10.6. The second kappa shape index (κ2) is 9.82. The summed E-state index contributed by atoms with van der Waals surface area (Å²) in [6, 6.07) is 8.48. The van der Waals surface area contributed by atoms with Crippen LogP contribution >= 0.6 is 12.4 Å². The van der Waals surface area contributed by atoms with Crippen molar-refractivity contribution in [3.8, 4) is 0 Å². The predicted octanol–water partition coefficient (Wildman–Crippen LogP) is 2.06. The van der Waals surface area contributed by atoms with E-state index >= 15 is 0 Å². The molecule has 0 saturated carbocycles. The zero-order valence-electron chi connectivity index (χ0n) is 13.7. The molecule has 22 heavy (non-hydrogen) atoms. The minimum Gasteiger partial charge on any atom is -0.340 e. The Kier molecular flexibility index (Phi) is 8.46. The number of nitrogens with one attached hydrogen (secondary N) is 1. The van der Waals surface area contributed by atoms with Gasteiger partial charge < -0.3 is 10.2 Å². The molecule has 0 bridgehead atoms. The maximum absolute atomic E-state index is 12.2. The van der Waals surface area contributed by atoms with Crippen LogP contribution in [0.1, 0.15) is 24.5 Å². The highest BCUT2D eigenvalue weighted by Crippen LogP contribution is 2.11. The molecule has 124 valence electrons. The molecule has 1 N–H and O–H groups in total. The lowest BCUT2D eigenvalue weighted by molar-refractivity contribution is -0.132. The number of carbonyl (C=O) groups excluding carboxylic acids is 1. The molecule has 1 aromatic carbocycles. The Balaban J connectivity index is 0.00000242. The third-order valence-corrected chi connectivity index (χ3v) is 4.21. The molecule has 1 amide bonds. The number of halogens is 1. The Hall–Kier alpha value is -1.10. The van der Waals surface area contributed by atoms with Crippen molar-refractivity contribution in [3.05, 3.63) is 35.4 Å². The maximum Gasteiger partial charge on any atom is 0.223 e. The minimum absolute atomic E-state index is 0. The Labute approximate surface area is 140 Å². The molecule has 0 radical (unpaired) electrons. The predicted molar refractivity (Wildman–Crippen MR) is 93.4 cm³/mol. The van der Waals surface area contributed by atoms with Crippen LogP contribution in [0.3, 0.4) is 0 Å². The van der Waals surface area contributed by atoms with E-state index in [1.54, 1.807) is 0 Å². The first-order chi connectivity index (χ1) is 10.2. The van der Waals surface area contributed by atoms with Crippen molar-refractivity contribution in [1.29, 1.82) is 0 Å². The average Bonchev–Trinajstić information content (AvgIpc) is 2.53. The van der Waals surface area contributed by atoms with Crippen LogP contribution in [-0.2, 0) is 11.3 Å². The van der Waals surface area contributed by atoms with Gasteiger partial charge in [-0.1, -0.05) is 31.2 Å². The first-order valence-electron chi connectivity index (χ1n) is 7.96. The Morgan fingerprint density at radius 2 is 1.95 bits per heavy atom. The number of hydrogen-bond acceptors (Lipinski definition) is 3. The average molecular weight is 326 g/mol. The Bertz CT molecular complexity index is 461. The molecule has 4 nitrogen and oxygen atoms in total. The van der Waals surface area contributed by atoms with Gasteiger partial charge in [0.2, 0.25) is 5.91 Å². The van der Waals surface area contributed by atoms with Crippen molar-refractivity contribution >= 4 is 18.3 Å². The molecule has 5 heteroatoms. The van der Waals surface area contributed by atoms with Crippen molar-refractivity contribution < 1.29 is 4.79 Å². The fourth-order valence-electron chi connectivity index (χ4n) is 2.70. The summed E-state index contributed by atoms with van der Waals surface area (Å²) in [4.78, 5) is 16.5. The van der Waals surface area contributed by atoms with E-state index < -0.39 is 0 Å². The SMILES string of the molecule is CCN(CCC(=O)N1CCNCC1)Cc1ccccc1C.Cl. The summed E-state index contributed by atoms with van der Waals surface area (Å²) in [5.74, 6) is 0.291. The molecular formula is C17H28ClN3O. The van der Waals surface area contributed by atoms with Crippen LogP contribution in [0.15, 0.2) is 24.3 Å². The van der Waals surface area contributed by atoms with E-state index in [9.17, 15) is 4.79 Å². The van der Waals surface area contributed by atoms with Gasteiger partial charge in [0.15, 0.2) is 0 Å². The smallest absolute Gasteiger partial charge is 0.223 e. The normalized spacial score (nSPS) is 14.8. The molecule has 0 aliphatic carbocycles. The number of hydrogen-bond donors (Lipinski definition) is 1. The van der Waals surface area contributed by atoms with Gasteiger partial charge in [-0.25, -0.2) is 0 Å². The van der Waals surface area contributed by atoms with Gasteiger partial charge in [-0.3, -0.25) is 9.69 Å². The summed E-state index contributed by atoms with van der Waals surface area (Å²) in [5, 5.41) is 3.28. The molecule has 1 fully saturated rings. The van der Waals surface area contributed by atoms with E-state index in [0.29, 0.717) is 12.3 Å². The van der Waals surface area contributed by atoms with Crippen LogP contribution in [-0.4, -0.2) is 55.0 Å². The lowest BCUT2D eigenvalue weighted by atomic mass is 10.1. The van der Waals surface area contributed by atoms with Gasteiger partial charge in [0.05, 0.1) is 0 Å². The fourth-order valence-corrected chi connectivity index (χ4v) is 2.70. The number of amides is 1. The third kappa shape index (κ3) is 5.59.